The standard InChI is InChI=1S/C13H14FNS/c1-13(2,15)9-7-12(16-8-9)10-5-3-4-6-11(10)14/h3-8H,15H2,1-2H3. The van der Waals surface area contributed by atoms with Crippen molar-refractivity contribution in [2.24, 2.45) is 5.73 Å². The van der Waals surface area contributed by atoms with Crippen molar-refractivity contribution in [3.8, 4) is 10.4 Å². The second kappa shape index (κ2) is 4.00. The van der Waals surface area contributed by atoms with E-state index in [1.165, 1.54) is 17.4 Å². The van der Waals surface area contributed by atoms with Crippen molar-refractivity contribution in [2.45, 2.75) is 19.4 Å². The van der Waals surface area contributed by atoms with Crippen LogP contribution in [0.15, 0.2) is 35.7 Å². The van der Waals surface area contributed by atoms with Gasteiger partial charge >= 0.3 is 0 Å². The van der Waals surface area contributed by atoms with E-state index in [-0.39, 0.29) is 11.4 Å². The summed E-state index contributed by atoms with van der Waals surface area (Å²) in [6, 6.07) is 8.76. The third kappa shape index (κ3) is 2.15. The van der Waals surface area contributed by atoms with E-state index in [4.69, 9.17) is 5.73 Å². The van der Waals surface area contributed by atoms with Crippen LogP contribution in [0, 0.1) is 5.82 Å². The molecule has 0 bridgehead atoms. The molecule has 0 atom stereocenters. The van der Waals surface area contributed by atoms with E-state index in [1.54, 1.807) is 12.1 Å². The van der Waals surface area contributed by atoms with Crippen LogP contribution in [0.1, 0.15) is 19.4 Å². The van der Waals surface area contributed by atoms with Gasteiger partial charge in [-0.2, -0.15) is 0 Å². The predicted molar refractivity (Wildman–Crippen MR) is 66.9 cm³/mol. The Balaban J connectivity index is 2.44. The van der Waals surface area contributed by atoms with Gasteiger partial charge in [-0.05, 0) is 36.9 Å². The molecule has 0 unspecified atom stereocenters. The molecule has 1 aromatic carbocycles. The molecule has 2 aromatic rings. The molecule has 0 radical (unpaired) electrons. The highest BCUT2D eigenvalue weighted by Crippen LogP contribution is 2.32. The molecule has 2 rings (SSSR count). The average molecular weight is 235 g/mol. The lowest BCUT2D eigenvalue weighted by molar-refractivity contribution is 0.557. The van der Waals surface area contributed by atoms with Gasteiger partial charge in [0.05, 0.1) is 0 Å². The lowest BCUT2D eigenvalue weighted by atomic mass is 9.98. The van der Waals surface area contributed by atoms with Crippen molar-refractivity contribution in [2.75, 3.05) is 0 Å². The summed E-state index contributed by atoms with van der Waals surface area (Å²) < 4.78 is 13.6. The van der Waals surface area contributed by atoms with Crippen molar-refractivity contribution >= 4 is 11.3 Å². The van der Waals surface area contributed by atoms with E-state index < -0.39 is 0 Å². The maximum Gasteiger partial charge on any atom is 0.131 e. The summed E-state index contributed by atoms with van der Waals surface area (Å²) in [5.74, 6) is -0.189. The Morgan fingerprint density at radius 1 is 1.25 bits per heavy atom. The molecule has 0 aliphatic rings. The first-order valence-corrected chi connectivity index (χ1v) is 5.99. The van der Waals surface area contributed by atoms with Crippen LogP contribution in [0.2, 0.25) is 0 Å². The van der Waals surface area contributed by atoms with Crippen LogP contribution in [0.4, 0.5) is 4.39 Å². The molecule has 0 aliphatic heterocycles. The normalized spacial score (nSPS) is 11.8. The van der Waals surface area contributed by atoms with Gasteiger partial charge in [0, 0.05) is 16.0 Å². The maximum absolute atomic E-state index is 13.6. The summed E-state index contributed by atoms with van der Waals surface area (Å²) in [4.78, 5) is 0.923. The molecule has 2 N–H and O–H groups in total. The van der Waals surface area contributed by atoms with E-state index in [1.807, 2.05) is 31.4 Å². The van der Waals surface area contributed by atoms with Crippen molar-refractivity contribution in [3.63, 3.8) is 0 Å². The van der Waals surface area contributed by atoms with E-state index in [2.05, 4.69) is 0 Å². The lowest BCUT2D eigenvalue weighted by Crippen LogP contribution is -2.27. The zero-order valence-electron chi connectivity index (χ0n) is 9.33. The largest absolute Gasteiger partial charge is 0.322 e. The maximum atomic E-state index is 13.6. The second-order valence-electron chi connectivity index (χ2n) is 4.40. The molecule has 0 saturated carbocycles. The number of hydrogen-bond donors (Lipinski definition) is 1. The van der Waals surface area contributed by atoms with Crippen LogP contribution in [-0.2, 0) is 5.54 Å². The quantitative estimate of drug-likeness (QED) is 0.843. The van der Waals surface area contributed by atoms with Crippen LogP contribution < -0.4 is 5.73 Å². The predicted octanol–water partition coefficient (Wildman–Crippen LogP) is 3.75. The Kier molecular flexibility index (Phi) is 2.82. The molecule has 0 aliphatic carbocycles. The van der Waals surface area contributed by atoms with Crippen LogP contribution in [0.3, 0.4) is 0 Å². The van der Waals surface area contributed by atoms with Gasteiger partial charge in [-0.1, -0.05) is 18.2 Å². The Labute approximate surface area is 98.7 Å². The van der Waals surface area contributed by atoms with Gasteiger partial charge in [0.25, 0.3) is 0 Å². The van der Waals surface area contributed by atoms with Gasteiger partial charge in [0.15, 0.2) is 0 Å². The van der Waals surface area contributed by atoms with Crippen molar-refractivity contribution in [1.29, 1.82) is 0 Å². The third-order valence-electron chi connectivity index (χ3n) is 2.48. The van der Waals surface area contributed by atoms with Gasteiger partial charge in [0.1, 0.15) is 5.82 Å². The Morgan fingerprint density at radius 3 is 2.50 bits per heavy atom. The number of halogens is 1. The monoisotopic (exact) mass is 235 g/mol. The molecule has 1 heterocycles. The summed E-state index contributed by atoms with van der Waals surface area (Å²) in [7, 11) is 0. The fourth-order valence-electron chi connectivity index (χ4n) is 1.48. The van der Waals surface area contributed by atoms with E-state index in [0.29, 0.717) is 5.56 Å². The molecule has 3 heteroatoms. The zero-order valence-corrected chi connectivity index (χ0v) is 10.1. The highest BCUT2D eigenvalue weighted by Gasteiger charge is 2.17. The summed E-state index contributed by atoms with van der Waals surface area (Å²) in [6.45, 7) is 3.89. The summed E-state index contributed by atoms with van der Waals surface area (Å²) in [6.07, 6.45) is 0. The molecule has 16 heavy (non-hydrogen) atoms. The molecule has 0 spiro atoms. The number of nitrogens with two attached hydrogens (primary N) is 1. The first kappa shape index (κ1) is 11.3. The van der Waals surface area contributed by atoms with Gasteiger partial charge < -0.3 is 5.73 Å². The number of hydrogen-bond acceptors (Lipinski definition) is 2. The molecule has 0 amide bonds. The Bertz CT molecular complexity index is 497. The van der Waals surface area contributed by atoms with Crippen molar-refractivity contribution in [3.05, 3.63) is 47.1 Å². The first-order valence-electron chi connectivity index (χ1n) is 5.11. The number of rotatable bonds is 2. The van der Waals surface area contributed by atoms with Crippen molar-refractivity contribution in [1.82, 2.24) is 0 Å². The van der Waals surface area contributed by atoms with Gasteiger partial charge in [0.2, 0.25) is 0 Å². The fraction of sp³-hybridized carbons (Fsp3) is 0.231. The average Bonchev–Trinajstić information content (AvgIpc) is 2.66. The van der Waals surface area contributed by atoms with E-state index in [9.17, 15) is 4.39 Å². The molecule has 0 saturated heterocycles. The first-order chi connectivity index (χ1) is 7.48. The van der Waals surface area contributed by atoms with Crippen LogP contribution in [-0.4, -0.2) is 0 Å². The zero-order chi connectivity index (χ0) is 11.8. The molecular weight excluding hydrogens is 221 g/mol. The van der Waals surface area contributed by atoms with Gasteiger partial charge in [-0.15, -0.1) is 11.3 Å². The minimum atomic E-state index is -0.375. The number of thiophene rings is 1. The van der Waals surface area contributed by atoms with E-state index >= 15 is 0 Å². The fourth-order valence-corrected chi connectivity index (χ4v) is 2.59. The molecule has 1 nitrogen and oxygen atoms in total. The van der Waals surface area contributed by atoms with Crippen LogP contribution >= 0.6 is 11.3 Å². The Hall–Kier alpha value is -1.19. The summed E-state index contributed by atoms with van der Waals surface area (Å²) in [5.41, 5.74) is 7.30. The molecular formula is C13H14FNS. The molecule has 0 fully saturated rings. The van der Waals surface area contributed by atoms with Gasteiger partial charge in [-0.25, -0.2) is 4.39 Å². The smallest absolute Gasteiger partial charge is 0.131 e. The molecule has 1 aromatic heterocycles. The minimum absolute atomic E-state index is 0.189. The van der Waals surface area contributed by atoms with Crippen LogP contribution in [0.25, 0.3) is 10.4 Å². The number of benzene rings is 1. The topological polar surface area (TPSA) is 26.0 Å². The summed E-state index contributed by atoms with van der Waals surface area (Å²) >= 11 is 1.52. The highest BCUT2D eigenvalue weighted by atomic mass is 32.1. The van der Waals surface area contributed by atoms with Crippen LogP contribution in [0.5, 0.6) is 0 Å². The minimum Gasteiger partial charge on any atom is -0.322 e. The van der Waals surface area contributed by atoms with Gasteiger partial charge in [-0.3, -0.25) is 0 Å². The summed E-state index contributed by atoms with van der Waals surface area (Å²) in [5, 5.41) is 1.99. The second-order valence-corrected chi connectivity index (χ2v) is 5.31. The molecule has 84 valence electrons. The van der Waals surface area contributed by atoms with E-state index in [0.717, 1.165) is 10.4 Å². The highest BCUT2D eigenvalue weighted by molar-refractivity contribution is 7.13. The third-order valence-corrected chi connectivity index (χ3v) is 3.45. The SMILES string of the molecule is CC(C)(N)c1csc(-c2ccccc2F)c1. The Morgan fingerprint density at radius 2 is 1.94 bits per heavy atom. The van der Waals surface area contributed by atoms with Crippen molar-refractivity contribution < 1.29 is 4.39 Å². The lowest BCUT2D eigenvalue weighted by Gasteiger charge is -2.16.